The van der Waals surface area contributed by atoms with E-state index in [1.54, 1.807) is 24.3 Å². The van der Waals surface area contributed by atoms with Gasteiger partial charge in [-0.25, -0.2) is 4.79 Å². The van der Waals surface area contributed by atoms with E-state index in [-0.39, 0.29) is 25.7 Å². The number of carboxylic acid groups (broad SMARTS) is 1. The Hall–Kier alpha value is -2.85. The zero-order chi connectivity index (χ0) is 19.2. The molecule has 1 rings (SSSR count). The van der Waals surface area contributed by atoms with Crippen LogP contribution >= 0.6 is 0 Å². The Morgan fingerprint density at radius 3 is 2.88 bits per heavy atom. The van der Waals surface area contributed by atoms with Crippen LogP contribution in [0.2, 0.25) is 0 Å². The first-order chi connectivity index (χ1) is 12.6. The summed E-state index contributed by atoms with van der Waals surface area (Å²) in [6.45, 7) is 0.344. The van der Waals surface area contributed by atoms with Crippen molar-refractivity contribution in [2.24, 2.45) is 10.8 Å². The molecule has 0 fully saturated rings. The van der Waals surface area contributed by atoms with Crippen LogP contribution in [0, 0.1) is 5.53 Å². The molecule has 0 heterocycles. The average molecular weight is 368 g/mol. The van der Waals surface area contributed by atoms with Gasteiger partial charge in [0, 0.05) is 18.7 Å². The predicted octanol–water partition coefficient (Wildman–Crippen LogP) is -0.252. The third kappa shape index (κ3) is 8.85. The fourth-order valence-corrected chi connectivity index (χ4v) is 1.76. The van der Waals surface area contributed by atoms with Gasteiger partial charge in [0.15, 0.2) is 5.11 Å². The summed E-state index contributed by atoms with van der Waals surface area (Å²) in [5.41, 5.74) is 12.6. The summed E-state index contributed by atoms with van der Waals surface area (Å²) in [5.74, 6) is -0.928. The van der Waals surface area contributed by atoms with E-state index < -0.39 is 18.8 Å². The maximum Gasteiger partial charge on any atom is 0.329 e. The minimum Gasteiger partial charge on any atom is -0.488 e. The van der Waals surface area contributed by atoms with Crippen LogP contribution in [0.3, 0.4) is 0 Å². The van der Waals surface area contributed by atoms with Crippen LogP contribution in [-0.2, 0) is 14.3 Å². The number of ether oxygens (including phenoxy) is 3. The highest BCUT2D eigenvalue weighted by molar-refractivity contribution is 5.94. The fraction of sp³-hybridized carbons (Fsp3) is 0.467. The highest BCUT2D eigenvalue weighted by atomic mass is 16.6. The summed E-state index contributed by atoms with van der Waals surface area (Å²) in [7, 11) is 0. The molecule has 11 heteroatoms. The maximum absolute atomic E-state index is 11.9. The average Bonchev–Trinajstić information content (AvgIpc) is 2.63. The number of rotatable bonds is 13. The molecule has 0 radical (unpaired) electrons. The summed E-state index contributed by atoms with van der Waals surface area (Å²) >= 11 is 0. The van der Waals surface area contributed by atoms with Gasteiger partial charge >= 0.3 is 5.97 Å². The molecule has 1 unspecified atom stereocenters. The van der Waals surface area contributed by atoms with E-state index in [9.17, 15) is 9.59 Å². The lowest BCUT2D eigenvalue weighted by atomic mass is 10.2. The van der Waals surface area contributed by atoms with Crippen molar-refractivity contribution in [1.82, 2.24) is 10.2 Å². The second-order valence-electron chi connectivity index (χ2n) is 4.87. The molecule has 0 aliphatic rings. The maximum atomic E-state index is 11.9. The lowest BCUT2D eigenvalue weighted by Crippen LogP contribution is -2.29. The van der Waals surface area contributed by atoms with Gasteiger partial charge in [0.05, 0.1) is 13.2 Å². The number of nitrogens with zero attached hydrogens (tertiary/aromatic N) is 2. The summed E-state index contributed by atoms with van der Waals surface area (Å²) < 4.78 is 15.6. The Balaban J connectivity index is 2.48. The van der Waals surface area contributed by atoms with E-state index in [1.165, 1.54) is 0 Å². The quantitative estimate of drug-likeness (QED) is 0.211. The van der Waals surface area contributed by atoms with Gasteiger partial charge in [-0.15, -0.1) is 0 Å². The Labute approximate surface area is 149 Å². The van der Waals surface area contributed by atoms with Crippen LogP contribution in [0.15, 0.2) is 29.4 Å². The second-order valence-corrected chi connectivity index (χ2v) is 4.87. The highest BCUT2D eigenvalue weighted by Gasteiger charge is 2.15. The molecule has 1 aromatic rings. The number of hydrogen-bond donors (Lipinski definition) is 4. The molecule has 11 nitrogen and oxygen atoms in total. The minimum absolute atomic E-state index is 0.0464. The molecule has 1 atom stereocenters. The van der Waals surface area contributed by atoms with E-state index in [0.29, 0.717) is 24.4 Å². The first-order valence-electron chi connectivity index (χ1n) is 7.75. The van der Waals surface area contributed by atoms with E-state index in [0.717, 1.165) is 0 Å². The molecule has 0 aliphatic carbocycles. The van der Waals surface area contributed by atoms with E-state index in [1.807, 2.05) is 0 Å². The monoisotopic (exact) mass is 368 g/mol. The normalized spacial score (nSPS) is 11.3. The van der Waals surface area contributed by atoms with Gasteiger partial charge in [-0.2, -0.15) is 0 Å². The molecule has 0 aromatic heterocycles. The van der Waals surface area contributed by atoms with Crippen LogP contribution in [-0.4, -0.2) is 62.7 Å². The van der Waals surface area contributed by atoms with Crippen molar-refractivity contribution in [2.45, 2.75) is 6.23 Å². The van der Waals surface area contributed by atoms with Crippen molar-refractivity contribution in [2.75, 3.05) is 39.5 Å². The molecule has 0 bridgehead atoms. The number of amides is 1. The molecule has 0 aliphatic heterocycles. The van der Waals surface area contributed by atoms with Gasteiger partial charge in [-0.1, -0.05) is 6.07 Å². The van der Waals surface area contributed by atoms with Crippen LogP contribution in [0.1, 0.15) is 10.4 Å². The van der Waals surface area contributed by atoms with E-state index in [4.69, 9.17) is 30.6 Å². The summed E-state index contributed by atoms with van der Waals surface area (Å²) in [6.07, 6.45) is -0.865. The lowest BCUT2D eigenvalue weighted by molar-refractivity contribution is -0.143. The van der Waals surface area contributed by atoms with Crippen molar-refractivity contribution in [3.05, 3.63) is 29.8 Å². The number of aliphatic carboxylic acids is 1. The van der Waals surface area contributed by atoms with Gasteiger partial charge in [-0.05, 0) is 18.2 Å². The molecule has 0 saturated carbocycles. The molecule has 142 valence electrons. The van der Waals surface area contributed by atoms with Crippen molar-refractivity contribution in [3.63, 3.8) is 0 Å². The number of carboxylic acids is 1. The summed E-state index contributed by atoms with van der Waals surface area (Å²) in [6, 6.07) is 6.51. The topological polar surface area (TPSA) is 170 Å². The number of nitrogens with one attached hydrogen (secondary N) is 2. The summed E-state index contributed by atoms with van der Waals surface area (Å²) in [5, 5.41) is 14.6. The SMILES string of the molecule is N=[N+]=NC(COc1cccc(C(=O)NCCN)c1)OCCOCC(=O)O. The van der Waals surface area contributed by atoms with Gasteiger partial charge in [-0.3, -0.25) is 4.79 Å². The van der Waals surface area contributed by atoms with Gasteiger partial charge in [0.2, 0.25) is 4.91 Å². The number of carbonyl (C=O) groups excluding carboxylic acids is 1. The smallest absolute Gasteiger partial charge is 0.329 e. The van der Waals surface area contributed by atoms with Crippen LogP contribution in [0.5, 0.6) is 5.75 Å². The van der Waals surface area contributed by atoms with Crippen molar-refractivity contribution in [1.29, 1.82) is 5.53 Å². The number of benzene rings is 1. The number of hydrogen-bond acceptors (Lipinski definition) is 8. The molecule has 1 amide bonds. The molecule has 0 spiro atoms. The largest absolute Gasteiger partial charge is 0.488 e. The van der Waals surface area contributed by atoms with Crippen LogP contribution in [0.25, 0.3) is 0 Å². The lowest BCUT2D eigenvalue weighted by Gasteiger charge is -2.11. The molecule has 5 N–H and O–H groups in total. The Bertz CT molecular complexity index is 635. The van der Waals surface area contributed by atoms with E-state index in [2.05, 4.69) is 15.3 Å². The molecule has 1 aromatic carbocycles. The van der Waals surface area contributed by atoms with Crippen molar-refractivity contribution in [3.8, 4) is 5.75 Å². The fourth-order valence-electron chi connectivity index (χ4n) is 1.76. The van der Waals surface area contributed by atoms with Crippen LogP contribution in [0.4, 0.5) is 0 Å². The standard InChI is InChI=1S/C15H21N5O6/c16-4-5-18-15(23)11-2-1-3-12(8-11)26-9-13(19-20-17)25-7-6-24-10-14(21)22/h1-3,8,13,17H,4-7,9-10,16H2,(H-,18,21,22,23)/p+1. The van der Waals surface area contributed by atoms with Crippen molar-refractivity contribution >= 4 is 11.9 Å². The highest BCUT2D eigenvalue weighted by Crippen LogP contribution is 2.14. The summed E-state index contributed by atoms with van der Waals surface area (Å²) in [4.78, 5) is 25.1. The first-order valence-corrected chi connectivity index (χ1v) is 7.75. The molecule has 26 heavy (non-hydrogen) atoms. The zero-order valence-electron chi connectivity index (χ0n) is 14.1. The van der Waals surface area contributed by atoms with Crippen LogP contribution < -0.4 is 20.7 Å². The van der Waals surface area contributed by atoms with Gasteiger partial charge in [0.25, 0.3) is 12.1 Å². The number of nitrogens with two attached hydrogens (primary N) is 1. The Morgan fingerprint density at radius 1 is 1.38 bits per heavy atom. The molecular weight excluding hydrogens is 346 g/mol. The van der Waals surface area contributed by atoms with Gasteiger partial charge in [0.1, 0.15) is 24.5 Å². The van der Waals surface area contributed by atoms with Gasteiger partial charge < -0.3 is 30.4 Å². The molecular formula is C15H22N5O6+. The Kier molecular flexibility index (Phi) is 10.2. The zero-order valence-corrected chi connectivity index (χ0v) is 14.1. The first kappa shape index (κ1) is 21.2. The minimum atomic E-state index is -1.08. The predicted molar refractivity (Wildman–Crippen MR) is 88.8 cm³/mol. The van der Waals surface area contributed by atoms with Crippen molar-refractivity contribution < 1.29 is 28.9 Å². The number of carbonyl (C=O) groups is 2. The Morgan fingerprint density at radius 2 is 2.19 bits per heavy atom. The second kappa shape index (κ2) is 12.5. The third-order valence-electron chi connectivity index (χ3n) is 2.87. The third-order valence-corrected chi connectivity index (χ3v) is 2.87. The van der Waals surface area contributed by atoms with E-state index >= 15 is 0 Å². The molecule has 0 saturated heterocycles.